The van der Waals surface area contributed by atoms with Crippen molar-refractivity contribution in [3.05, 3.63) is 35.4 Å². The average Bonchev–Trinajstić information content (AvgIpc) is 2.43. The largest absolute Gasteiger partial charge is 0.403 e. The quantitative estimate of drug-likeness (QED) is 0.492. The maximum absolute atomic E-state index is 13.2. The Morgan fingerprint density at radius 3 is 1.88 bits per heavy atom. The first-order chi connectivity index (χ1) is 11.3. The molecule has 142 valence electrons. The molecule has 1 aromatic carbocycles. The highest BCUT2D eigenvalue weighted by Crippen LogP contribution is 2.60. The summed E-state index contributed by atoms with van der Waals surface area (Å²) in [5.41, 5.74) is -1.58. The van der Waals surface area contributed by atoms with Crippen LogP contribution in [-0.2, 0) is 6.42 Å². The highest BCUT2D eigenvalue weighted by Gasteiger charge is 2.70. The first kappa shape index (κ1) is 20.1. The first-order valence-electron chi connectivity index (χ1n) is 8.47. The molecule has 0 bridgehead atoms. The van der Waals surface area contributed by atoms with E-state index in [4.69, 9.17) is 0 Å². The Bertz CT molecular complexity index is 567. The van der Waals surface area contributed by atoms with Crippen LogP contribution < -0.4 is 0 Å². The molecular formula is C19H24F6. The summed E-state index contributed by atoms with van der Waals surface area (Å²) in [5.74, 6) is -0.252. The van der Waals surface area contributed by atoms with Crippen LogP contribution in [0.25, 0.3) is 0 Å². The minimum absolute atomic E-state index is 0.0624. The molecule has 0 N–H and O–H groups in total. The molecule has 1 aromatic rings. The molecule has 6 heteroatoms. The second kappa shape index (κ2) is 6.51. The third-order valence-corrected chi connectivity index (χ3v) is 5.08. The Morgan fingerprint density at radius 2 is 1.44 bits per heavy atom. The maximum atomic E-state index is 13.2. The molecule has 0 spiro atoms. The number of rotatable bonds is 2. The zero-order chi connectivity index (χ0) is 19.1. The van der Waals surface area contributed by atoms with Crippen molar-refractivity contribution >= 4 is 0 Å². The number of hydrogen-bond acceptors (Lipinski definition) is 0. The van der Waals surface area contributed by atoms with Gasteiger partial charge < -0.3 is 0 Å². The van der Waals surface area contributed by atoms with Crippen molar-refractivity contribution < 1.29 is 26.3 Å². The van der Waals surface area contributed by atoms with Gasteiger partial charge in [-0.2, -0.15) is 26.3 Å². The van der Waals surface area contributed by atoms with E-state index in [9.17, 15) is 26.3 Å². The highest BCUT2D eigenvalue weighted by atomic mass is 19.4. The first-order valence-corrected chi connectivity index (χ1v) is 8.47. The predicted octanol–water partition coefficient (Wildman–Crippen LogP) is 7.04. The molecule has 25 heavy (non-hydrogen) atoms. The third kappa shape index (κ3) is 4.32. The molecule has 1 aliphatic carbocycles. The molecule has 0 aromatic heterocycles. The summed E-state index contributed by atoms with van der Waals surface area (Å²) in [5, 5.41) is 0. The molecule has 1 saturated carbocycles. The van der Waals surface area contributed by atoms with Crippen molar-refractivity contribution in [1.82, 2.24) is 0 Å². The van der Waals surface area contributed by atoms with E-state index in [0.29, 0.717) is 0 Å². The van der Waals surface area contributed by atoms with E-state index in [-0.39, 0.29) is 24.2 Å². The number of alkyl halides is 6. The lowest BCUT2D eigenvalue weighted by molar-refractivity contribution is -0.350. The summed E-state index contributed by atoms with van der Waals surface area (Å²) in [6.45, 7) is 6.25. The van der Waals surface area contributed by atoms with E-state index in [0.717, 1.165) is 17.5 Å². The van der Waals surface area contributed by atoms with E-state index in [1.165, 1.54) is 0 Å². The molecule has 2 rings (SSSR count). The molecule has 0 saturated heterocycles. The Balaban J connectivity index is 2.18. The van der Waals surface area contributed by atoms with Gasteiger partial charge in [0.2, 0.25) is 0 Å². The summed E-state index contributed by atoms with van der Waals surface area (Å²) in [6, 6.07) is 7.54. The number of halogens is 6. The Hall–Kier alpha value is -1.20. The van der Waals surface area contributed by atoms with Gasteiger partial charge in [0.25, 0.3) is 0 Å². The average molecular weight is 366 g/mol. The van der Waals surface area contributed by atoms with Crippen molar-refractivity contribution in [1.29, 1.82) is 0 Å². The summed E-state index contributed by atoms with van der Waals surface area (Å²) in [6.07, 6.45) is -11.7. The molecule has 0 radical (unpaired) electrons. The molecule has 0 heterocycles. The molecule has 1 aliphatic rings. The zero-order valence-electron chi connectivity index (χ0n) is 14.7. The Morgan fingerprint density at radius 1 is 0.920 bits per heavy atom. The van der Waals surface area contributed by atoms with Crippen molar-refractivity contribution in [3.8, 4) is 0 Å². The van der Waals surface area contributed by atoms with Gasteiger partial charge in [-0.1, -0.05) is 45.0 Å². The minimum atomic E-state index is -5.26. The van der Waals surface area contributed by atoms with Crippen LogP contribution in [0, 0.1) is 10.8 Å². The van der Waals surface area contributed by atoms with Gasteiger partial charge in [0.05, 0.1) is 0 Å². The topological polar surface area (TPSA) is 0 Å². The fourth-order valence-electron chi connectivity index (χ4n) is 3.74. The maximum Gasteiger partial charge on any atom is 0.403 e. The molecule has 0 atom stereocenters. The van der Waals surface area contributed by atoms with Crippen molar-refractivity contribution in [3.63, 3.8) is 0 Å². The zero-order valence-corrected chi connectivity index (χ0v) is 14.7. The van der Waals surface area contributed by atoms with Crippen LogP contribution in [-0.4, -0.2) is 12.4 Å². The van der Waals surface area contributed by atoms with Crippen molar-refractivity contribution in [2.75, 3.05) is 0 Å². The van der Waals surface area contributed by atoms with Crippen LogP contribution in [0.1, 0.15) is 63.5 Å². The lowest BCUT2D eigenvalue weighted by Gasteiger charge is -2.42. The number of hydrogen-bond donors (Lipinski definition) is 0. The van der Waals surface area contributed by atoms with Crippen molar-refractivity contribution in [2.45, 2.75) is 71.1 Å². The van der Waals surface area contributed by atoms with E-state index in [2.05, 4.69) is 20.8 Å². The van der Waals surface area contributed by atoms with Crippen LogP contribution in [0.3, 0.4) is 0 Å². The Kier molecular flexibility index (Phi) is 5.24. The van der Waals surface area contributed by atoms with Crippen molar-refractivity contribution in [2.24, 2.45) is 10.8 Å². The SMILES string of the molecule is CC(C)(C)Cc1cccc(C2CCC(C(F)(F)F)(C(F)(F)F)CC2)c1. The molecule has 1 fully saturated rings. The third-order valence-electron chi connectivity index (χ3n) is 5.08. The Labute approximate surface area is 144 Å². The summed E-state index contributed by atoms with van der Waals surface area (Å²) < 4.78 is 78.9. The highest BCUT2D eigenvalue weighted by molar-refractivity contribution is 5.28. The van der Waals surface area contributed by atoms with Crippen LogP contribution in [0.2, 0.25) is 0 Å². The molecular weight excluding hydrogens is 342 g/mol. The second-order valence-electron chi connectivity index (χ2n) is 8.33. The van der Waals surface area contributed by atoms with Gasteiger partial charge >= 0.3 is 12.4 Å². The van der Waals surface area contributed by atoms with Crippen LogP contribution in [0.5, 0.6) is 0 Å². The monoisotopic (exact) mass is 366 g/mol. The second-order valence-corrected chi connectivity index (χ2v) is 8.33. The summed E-state index contributed by atoms with van der Waals surface area (Å²) >= 11 is 0. The fourth-order valence-corrected chi connectivity index (χ4v) is 3.74. The van der Waals surface area contributed by atoms with Crippen LogP contribution in [0.4, 0.5) is 26.3 Å². The standard InChI is InChI=1S/C19H24F6/c1-16(2,3)12-13-5-4-6-15(11-13)14-7-9-17(10-8-14,18(20,21)22)19(23,24)25/h4-6,11,14H,7-10,12H2,1-3H3. The van der Waals surface area contributed by atoms with Gasteiger partial charge in [0, 0.05) is 0 Å². The lowest BCUT2D eigenvalue weighted by atomic mass is 9.67. The fraction of sp³-hybridized carbons (Fsp3) is 0.684. The molecule has 0 nitrogen and oxygen atoms in total. The minimum Gasteiger partial charge on any atom is -0.170 e. The normalized spacial score (nSPS) is 19.9. The van der Waals surface area contributed by atoms with Gasteiger partial charge in [-0.05, 0) is 54.6 Å². The van der Waals surface area contributed by atoms with Crippen LogP contribution >= 0.6 is 0 Å². The molecule has 0 unspecified atom stereocenters. The van der Waals surface area contributed by atoms with E-state index in [1.807, 2.05) is 24.3 Å². The summed E-state index contributed by atoms with van der Waals surface area (Å²) in [4.78, 5) is 0. The van der Waals surface area contributed by atoms with Gasteiger partial charge in [-0.15, -0.1) is 0 Å². The van der Waals surface area contributed by atoms with Crippen LogP contribution in [0.15, 0.2) is 24.3 Å². The number of benzene rings is 1. The smallest absolute Gasteiger partial charge is 0.170 e. The van der Waals surface area contributed by atoms with Gasteiger partial charge in [0.1, 0.15) is 0 Å². The van der Waals surface area contributed by atoms with Gasteiger partial charge in [0.15, 0.2) is 5.41 Å². The van der Waals surface area contributed by atoms with E-state index >= 15 is 0 Å². The molecule has 0 amide bonds. The van der Waals surface area contributed by atoms with Gasteiger partial charge in [-0.3, -0.25) is 0 Å². The van der Waals surface area contributed by atoms with E-state index < -0.39 is 30.6 Å². The molecule has 0 aliphatic heterocycles. The van der Waals surface area contributed by atoms with E-state index in [1.54, 1.807) is 0 Å². The van der Waals surface area contributed by atoms with Gasteiger partial charge in [-0.25, -0.2) is 0 Å². The predicted molar refractivity (Wildman–Crippen MR) is 85.4 cm³/mol. The lowest BCUT2D eigenvalue weighted by Crippen LogP contribution is -2.51. The summed E-state index contributed by atoms with van der Waals surface area (Å²) in [7, 11) is 0.